The molecule has 3 heterocycles. The highest BCUT2D eigenvalue weighted by Gasteiger charge is 2.14. The van der Waals surface area contributed by atoms with Gasteiger partial charge in [-0.3, -0.25) is 4.79 Å². The molecule has 0 aliphatic heterocycles. The van der Waals surface area contributed by atoms with Crippen molar-refractivity contribution in [2.24, 2.45) is 0 Å². The van der Waals surface area contributed by atoms with Crippen molar-refractivity contribution < 1.29 is 13.6 Å². The number of aromatic nitrogens is 2. The molecule has 0 unspecified atom stereocenters. The van der Waals surface area contributed by atoms with E-state index >= 15 is 0 Å². The van der Waals surface area contributed by atoms with Gasteiger partial charge in [0.1, 0.15) is 11.5 Å². The van der Waals surface area contributed by atoms with Gasteiger partial charge in [-0.1, -0.05) is 23.7 Å². The fourth-order valence-electron chi connectivity index (χ4n) is 2.95. The minimum absolute atomic E-state index is 0.150. The Balaban J connectivity index is 1.35. The predicted molar refractivity (Wildman–Crippen MR) is 113 cm³/mol. The Bertz CT molecular complexity index is 1160. The van der Waals surface area contributed by atoms with Gasteiger partial charge < -0.3 is 14.2 Å². The van der Waals surface area contributed by atoms with Crippen LogP contribution in [0.2, 0.25) is 5.02 Å². The fourth-order valence-corrected chi connectivity index (χ4v) is 3.91. The lowest BCUT2D eigenvalue weighted by molar-refractivity contribution is -0.116. The van der Waals surface area contributed by atoms with Crippen LogP contribution < -0.4 is 5.32 Å². The topological polar surface area (TPSA) is 81.2 Å². The molecule has 0 fully saturated rings. The van der Waals surface area contributed by atoms with E-state index in [1.807, 2.05) is 43.5 Å². The Labute approximate surface area is 176 Å². The van der Waals surface area contributed by atoms with Crippen LogP contribution in [0.25, 0.3) is 22.6 Å². The molecule has 3 aromatic heterocycles. The third-order valence-corrected chi connectivity index (χ3v) is 5.41. The first-order valence-corrected chi connectivity index (χ1v) is 10.3. The van der Waals surface area contributed by atoms with Gasteiger partial charge in [0, 0.05) is 29.3 Å². The fraction of sp³-hybridized carbons (Fsp3) is 0.190. The van der Waals surface area contributed by atoms with Gasteiger partial charge in [-0.05, 0) is 32.0 Å². The minimum atomic E-state index is -0.150. The molecule has 6 nitrogen and oxygen atoms in total. The first-order valence-electron chi connectivity index (χ1n) is 9.02. The summed E-state index contributed by atoms with van der Waals surface area (Å²) in [7, 11) is 0. The largest absolute Gasteiger partial charge is 0.466 e. The number of halogens is 1. The lowest BCUT2D eigenvalue weighted by Crippen LogP contribution is -2.12. The molecule has 29 heavy (non-hydrogen) atoms. The second kappa shape index (κ2) is 8.23. The molecule has 1 N–H and O–H groups in total. The number of thiazole rings is 1. The molecule has 4 rings (SSSR count). The number of amides is 1. The van der Waals surface area contributed by atoms with Crippen molar-refractivity contribution in [1.82, 2.24) is 9.97 Å². The highest BCUT2D eigenvalue weighted by atomic mass is 35.5. The molecule has 8 heteroatoms. The third-order valence-electron chi connectivity index (χ3n) is 4.33. The first kappa shape index (κ1) is 19.4. The van der Waals surface area contributed by atoms with Crippen molar-refractivity contribution >= 4 is 34.0 Å². The van der Waals surface area contributed by atoms with Gasteiger partial charge in [-0.25, -0.2) is 9.97 Å². The molecule has 0 bridgehead atoms. The molecule has 0 atom stereocenters. The number of carbonyl (C=O) groups excluding carboxylic acids is 1. The number of hydrogen-bond donors (Lipinski definition) is 1. The van der Waals surface area contributed by atoms with E-state index in [0.717, 1.165) is 28.3 Å². The number of oxazole rings is 1. The Morgan fingerprint density at radius 3 is 2.79 bits per heavy atom. The monoisotopic (exact) mass is 427 g/mol. The van der Waals surface area contributed by atoms with Gasteiger partial charge in [0.25, 0.3) is 0 Å². The normalized spacial score (nSPS) is 11.0. The standard InChI is InChI=1S/C21H18ClN3O3S/c1-12-9-15(13(2)27-12)17-11-29-21(24-17)25-19(26)7-8-20-23-10-18(28-20)14-5-3-4-6-16(14)22/h3-6,9-11H,7-8H2,1-2H3,(H,24,25,26). The summed E-state index contributed by atoms with van der Waals surface area (Å²) in [6.45, 7) is 3.79. The van der Waals surface area contributed by atoms with Crippen LogP contribution in [0.1, 0.15) is 23.8 Å². The average molecular weight is 428 g/mol. The van der Waals surface area contributed by atoms with Gasteiger partial charge in [0.05, 0.1) is 16.9 Å². The number of nitrogens with one attached hydrogen (secondary N) is 1. The van der Waals surface area contributed by atoms with Crippen molar-refractivity contribution in [3.05, 3.63) is 64.3 Å². The zero-order valence-corrected chi connectivity index (χ0v) is 17.4. The van der Waals surface area contributed by atoms with Crippen LogP contribution in [0.4, 0.5) is 5.13 Å². The summed E-state index contributed by atoms with van der Waals surface area (Å²) in [4.78, 5) is 21.0. The Morgan fingerprint density at radius 1 is 1.21 bits per heavy atom. The summed E-state index contributed by atoms with van der Waals surface area (Å²) in [5, 5.41) is 5.86. The molecular weight excluding hydrogens is 410 g/mol. The van der Waals surface area contributed by atoms with Crippen LogP contribution in [0, 0.1) is 13.8 Å². The maximum Gasteiger partial charge on any atom is 0.226 e. The van der Waals surface area contributed by atoms with Crippen molar-refractivity contribution in [1.29, 1.82) is 0 Å². The summed E-state index contributed by atoms with van der Waals surface area (Å²) in [5.41, 5.74) is 2.50. The number of benzene rings is 1. The van der Waals surface area contributed by atoms with Crippen molar-refractivity contribution in [3.8, 4) is 22.6 Å². The number of carbonyl (C=O) groups is 1. The zero-order chi connectivity index (χ0) is 20.4. The number of anilines is 1. The second-order valence-corrected chi connectivity index (χ2v) is 7.78. The molecule has 0 saturated carbocycles. The molecule has 0 radical (unpaired) electrons. The van der Waals surface area contributed by atoms with Gasteiger partial charge in [-0.15, -0.1) is 11.3 Å². The van der Waals surface area contributed by atoms with E-state index in [9.17, 15) is 4.79 Å². The lowest BCUT2D eigenvalue weighted by Gasteiger charge is -2.00. The Hall–Kier alpha value is -2.90. The van der Waals surface area contributed by atoms with E-state index in [2.05, 4.69) is 15.3 Å². The highest BCUT2D eigenvalue weighted by molar-refractivity contribution is 7.14. The molecule has 148 valence electrons. The highest BCUT2D eigenvalue weighted by Crippen LogP contribution is 2.30. The smallest absolute Gasteiger partial charge is 0.226 e. The summed E-state index contributed by atoms with van der Waals surface area (Å²) >= 11 is 7.56. The molecule has 0 spiro atoms. The summed E-state index contributed by atoms with van der Waals surface area (Å²) in [5.74, 6) is 2.56. The minimum Gasteiger partial charge on any atom is -0.466 e. The first-order chi connectivity index (χ1) is 14.0. The molecule has 0 aliphatic rings. The SMILES string of the molecule is Cc1cc(-c2csc(NC(=O)CCc3ncc(-c4ccccc4Cl)o3)n2)c(C)o1. The van der Waals surface area contributed by atoms with Gasteiger partial charge in [0.2, 0.25) is 5.91 Å². The van der Waals surface area contributed by atoms with E-state index in [4.69, 9.17) is 20.4 Å². The van der Waals surface area contributed by atoms with Crippen LogP contribution in [0.5, 0.6) is 0 Å². The van der Waals surface area contributed by atoms with E-state index in [1.54, 1.807) is 12.3 Å². The van der Waals surface area contributed by atoms with Crippen molar-refractivity contribution in [2.45, 2.75) is 26.7 Å². The van der Waals surface area contributed by atoms with Crippen LogP contribution in [0.15, 0.2) is 50.7 Å². The molecule has 1 aromatic carbocycles. The van der Waals surface area contributed by atoms with E-state index in [0.29, 0.717) is 28.2 Å². The zero-order valence-electron chi connectivity index (χ0n) is 15.9. The van der Waals surface area contributed by atoms with E-state index in [1.165, 1.54) is 11.3 Å². The second-order valence-electron chi connectivity index (χ2n) is 6.51. The van der Waals surface area contributed by atoms with Crippen molar-refractivity contribution in [3.63, 3.8) is 0 Å². The molecule has 1 amide bonds. The quantitative estimate of drug-likeness (QED) is 0.414. The Morgan fingerprint density at radius 2 is 2.03 bits per heavy atom. The molecular formula is C21H18ClN3O3S. The third kappa shape index (κ3) is 4.41. The van der Waals surface area contributed by atoms with Crippen LogP contribution in [-0.4, -0.2) is 15.9 Å². The molecule has 0 saturated heterocycles. The summed E-state index contributed by atoms with van der Waals surface area (Å²) in [6, 6.07) is 9.33. The number of aryl methyl sites for hydroxylation is 3. The summed E-state index contributed by atoms with van der Waals surface area (Å²) in [6.07, 6.45) is 2.24. The average Bonchev–Trinajstić information content (AvgIpc) is 3.41. The van der Waals surface area contributed by atoms with Gasteiger partial charge >= 0.3 is 0 Å². The van der Waals surface area contributed by atoms with Gasteiger partial charge in [0.15, 0.2) is 16.8 Å². The van der Waals surface area contributed by atoms with E-state index in [-0.39, 0.29) is 12.3 Å². The lowest BCUT2D eigenvalue weighted by atomic mass is 10.2. The van der Waals surface area contributed by atoms with Crippen LogP contribution >= 0.6 is 22.9 Å². The Kier molecular flexibility index (Phi) is 5.51. The predicted octanol–water partition coefficient (Wildman–Crippen LogP) is 5.90. The van der Waals surface area contributed by atoms with Crippen LogP contribution in [-0.2, 0) is 11.2 Å². The van der Waals surface area contributed by atoms with Crippen molar-refractivity contribution in [2.75, 3.05) is 5.32 Å². The number of rotatable bonds is 6. The molecule has 0 aliphatic carbocycles. The van der Waals surface area contributed by atoms with Gasteiger partial charge in [-0.2, -0.15) is 0 Å². The van der Waals surface area contributed by atoms with E-state index < -0.39 is 0 Å². The number of nitrogens with zero attached hydrogens (tertiary/aromatic N) is 2. The number of hydrogen-bond acceptors (Lipinski definition) is 6. The number of furan rings is 1. The molecule has 4 aromatic rings. The maximum atomic E-state index is 12.3. The van der Waals surface area contributed by atoms with Crippen LogP contribution in [0.3, 0.4) is 0 Å². The maximum absolute atomic E-state index is 12.3. The summed E-state index contributed by atoms with van der Waals surface area (Å²) < 4.78 is 11.3.